The molecule has 0 atom stereocenters. The third kappa shape index (κ3) is 3.22. The van der Waals surface area contributed by atoms with Crippen LogP contribution in [0.25, 0.3) is 0 Å². The van der Waals surface area contributed by atoms with Gasteiger partial charge in [-0.3, -0.25) is 4.79 Å². The molecular formula is C17H24F4O2. The molecule has 4 saturated carbocycles. The van der Waals surface area contributed by atoms with Crippen molar-refractivity contribution in [1.29, 1.82) is 0 Å². The van der Waals surface area contributed by atoms with Gasteiger partial charge in [0.15, 0.2) is 0 Å². The summed E-state index contributed by atoms with van der Waals surface area (Å²) < 4.78 is 57.0. The second-order valence-electron chi connectivity index (χ2n) is 8.03. The molecule has 0 N–H and O–H groups in total. The van der Waals surface area contributed by atoms with Crippen molar-refractivity contribution in [2.75, 3.05) is 6.61 Å². The van der Waals surface area contributed by atoms with Crippen LogP contribution in [0.4, 0.5) is 17.6 Å². The van der Waals surface area contributed by atoms with Gasteiger partial charge in [-0.05, 0) is 62.7 Å². The van der Waals surface area contributed by atoms with Gasteiger partial charge in [0.1, 0.15) is 0 Å². The first-order valence-electron chi connectivity index (χ1n) is 8.54. The first-order chi connectivity index (χ1) is 10.6. The van der Waals surface area contributed by atoms with Crippen molar-refractivity contribution in [2.24, 2.45) is 23.2 Å². The van der Waals surface area contributed by atoms with Gasteiger partial charge in [0.25, 0.3) is 0 Å². The zero-order valence-corrected chi connectivity index (χ0v) is 13.4. The van der Waals surface area contributed by atoms with Gasteiger partial charge in [-0.1, -0.05) is 0 Å². The van der Waals surface area contributed by atoms with E-state index >= 15 is 0 Å². The molecule has 4 aliphatic carbocycles. The van der Waals surface area contributed by atoms with Crippen LogP contribution in [-0.4, -0.2) is 24.4 Å². The highest BCUT2D eigenvalue weighted by atomic mass is 19.3. The SMILES string of the molecule is CC(F)(F)C(F)(F)CCCOC(=O)C12CC3CC(CC(C3)C1)C2. The lowest BCUT2D eigenvalue weighted by molar-refractivity contribution is -0.203. The minimum absolute atomic E-state index is 0.202. The zero-order chi connectivity index (χ0) is 16.9. The fourth-order valence-electron chi connectivity index (χ4n) is 5.19. The number of carbonyl (C=O) groups excluding carboxylic acids is 1. The molecule has 4 fully saturated rings. The van der Waals surface area contributed by atoms with E-state index in [0.29, 0.717) is 17.8 Å². The molecule has 6 heteroatoms. The van der Waals surface area contributed by atoms with Crippen molar-refractivity contribution in [3.8, 4) is 0 Å². The molecule has 0 radical (unpaired) electrons. The van der Waals surface area contributed by atoms with Gasteiger partial charge >= 0.3 is 17.8 Å². The van der Waals surface area contributed by atoms with Crippen LogP contribution >= 0.6 is 0 Å². The van der Waals surface area contributed by atoms with E-state index in [1.165, 1.54) is 19.3 Å². The summed E-state index contributed by atoms with van der Waals surface area (Å²) in [5.41, 5.74) is -0.425. The van der Waals surface area contributed by atoms with Crippen LogP contribution in [-0.2, 0) is 9.53 Å². The summed E-state index contributed by atoms with van der Waals surface area (Å²) in [4.78, 5) is 12.5. The lowest BCUT2D eigenvalue weighted by atomic mass is 9.49. The number of rotatable bonds is 6. The molecule has 0 heterocycles. The smallest absolute Gasteiger partial charge is 0.312 e. The van der Waals surface area contributed by atoms with Crippen LogP contribution in [0.15, 0.2) is 0 Å². The van der Waals surface area contributed by atoms with E-state index in [2.05, 4.69) is 0 Å². The Kier molecular flexibility index (Phi) is 4.16. The standard InChI is InChI=1S/C17H24F4O2/c1-15(18,19)17(20,21)3-2-4-23-14(22)16-8-11-5-12(9-16)7-13(6-11)10-16/h11-13H,2-10H2,1H3. The Hall–Kier alpha value is -0.810. The average Bonchev–Trinajstić information content (AvgIpc) is 2.40. The maximum absolute atomic E-state index is 13.2. The summed E-state index contributed by atoms with van der Waals surface area (Å²) in [6.45, 7) is 0.0146. The van der Waals surface area contributed by atoms with E-state index in [-0.39, 0.29) is 25.9 Å². The lowest BCUT2D eigenvalue weighted by Crippen LogP contribution is -2.50. The largest absolute Gasteiger partial charge is 0.465 e. The van der Waals surface area contributed by atoms with E-state index in [0.717, 1.165) is 19.3 Å². The maximum atomic E-state index is 13.2. The summed E-state index contributed by atoms with van der Waals surface area (Å²) in [5, 5.41) is 0. The van der Waals surface area contributed by atoms with Gasteiger partial charge in [0.05, 0.1) is 12.0 Å². The Morgan fingerprint density at radius 3 is 1.96 bits per heavy atom. The van der Waals surface area contributed by atoms with Crippen molar-refractivity contribution in [3.05, 3.63) is 0 Å². The van der Waals surface area contributed by atoms with Crippen LogP contribution in [0.3, 0.4) is 0 Å². The van der Waals surface area contributed by atoms with Gasteiger partial charge < -0.3 is 4.74 Å². The van der Waals surface area contributed by atoms with Gasteiger partial charge in [-0.25, -0.2) is 8.78 Å². The summed E-state index contributed by atoms with van der Waals surface area (Å²) in [6, 6.07) is 0. The third-order valence-electron chi connectivity index (χ3n) is 5.98. The van der Waals surface area contributed by atoms with E-state index in [4.69, 9.17) is 4.74 Å². The Labute approximate surface area is 133 Å². The van der Waals surface area contributed by atoms with Crippen molar-refractivity contribution in [1.82, 2.24) is 0 Å². The lowest BCUT2D eigenvalue weighted by Gasteiger charge is -2.55. The number of alkyl halides is 4. The van der Waals surface area contributed by atoms with E-state index in [1.807, 2.05) is 0 Å². The van der Waals surface area contributed by atoms with Crippen molar-refractivity contribution in [2.45, 2.75) is 70.1 Å². The molecule has 4 bridgehead atoms. The fraction of sp³-hybridized carbons (Fsp3) is 0.941. The van der Waals surface area contributed by atoms with Gasteiger partial charge in [-0.2, -0.15) is 8.78 Å². The van der Waals surface area contributed by atoms with Crippen LogP contribution < -0.4 is 0 Å². The molecular weight excluding hydrogens is 312 g/mol. The molecule has 0 spiro atoms. The van der Waals surface area contributed by atoms with Crippen LogP contribution in [0.2, 0.25) is 0 Å². The molecule has 4 rings (SSSR count). The minimum Gasteiger partial charge on any atom is -0.465 e. The van der Waals surface area contributed by atoms with Crippen LogP contribution in [0, 0.1) is 23.2 Å². The Bertz CT molecular complexity index is 434. The first kappa shape index (κ1) is 17.0. The molecule has 0 aliphatic heterocycles. The van der Waals surface area contributed by atoms with Crippen molar-refractivity contribution in [3.63, 3.8) is 0 Å². The van der Waals surface area contributed by atoms with Gasteiger partial charge in [-0.15, -0.1) is 0 Å². The monoisotopic (exact) mass is 336 g/mol. The molecule has 0 aromatic heterocycles. The molecule has 132 valence electrons. The maximum Gasteiger partial charge on any atom is 0.312 e. The second-order valence-corrected chi connectivity index (χ2v) is 8.03. The van der Waals surface area contributed by atoms with Crippen molar-refractivity contribution >= 4 is 5.97 Å². The average molecular weight is 336 g/mol. The molecule has 23 heavy (non-hydrogen) atoms. The number of esters is 1. The first-order valence-corrected chi connectivity index (χ1v) is 8.54. The summed E-state index contributed by atoms with van der Waals surface area (Å²) in [5.74, 6) is -6.61. The molecule has 0 aromatic carbocycles. The zero-order valence-electron chi connectivity index (χ0n) is 13.4. The summed E-state index contributed by atoms with van der Waals surface area (Å²) in [6.07, 6.45) is 4.93. The van der Waals surface area contributed by atoms with Gasteiger partial charge in [0, 0.05) is 13.3 Å². The number of ether oxygens (including phenoxy) is 1. The Balaban J connectivity index is 1.49. The highest BCUT2D eigenvalue weighted by molar-refractivity contribution is 5.77. The summed E-state index contributed by atoms with van der Waals surface area (Å²) in [7, 11) is 0. The normalized spacial score (nSPS) is 36.3. The van der Waals surface area contributed by atoms with Crippen molar-refractivity contribution < 1.29 is 27.1 Å². The minimum atomic E-state index is -4.06. The Morgan fingerprint density at radius 2 is 1.52 bits per heavy atom. The molecule has 0 aromatic rings. The fourth-order valence-corrected chi connectivity index (χ4v) is 5.19. The highest BCUT2D eigenvalue weighted by Gasteiger charge is 2.55. The number of halogens is 4. The number of carbonyl (C=O) groups is 1. The molecule has 0 saturated heterocycles. The number of hydrogen-bond donors (Lipinski definition) is 0. The Morgan fingerprint density at radius 1 is 1.04 bits per heavy atom. The van der Waals surface area contributed by atoms with Crippen LogP contribution in [0.5, 0.6) is 0 Å². The van der Waals surface area contributed by atoms with E-state index in [1.54, 1.807) is 0 Å². The van der Waals surface area contributed by atoms with E-state index < -0.39 is 23.7 Å². The predicted octanol–water partition coefficient (Wildman–Crippen LogP) is 4.82. The van der Waals surface area contributed by atoms with Crippen LogP contribution in [0.1, 0.15) is 58.3 Å². The summed E-state index contributed by atoms with van der Waals surface area (Å²) >= 11 is 0. The predicted molar refractivity (Wildman–Crippen MR) is 76.4 cm³/mol. The molecule has 2 nitrogen and oxygen atoms in total. The molecule has 4 aliphatic rings. The third-order valence-corrected chi connectivity index (χ3v) is 5.98. The highest BCUT2D eigenvalue weighted by Crippen LogP contribution is 2.60. The van der Waals surface area contributed by atoms with Gasteiger partial charge in [0.2, 0.25) is 0 Å². The quantitative estimate of drug-likeness (QED) is 0.395. The number of hydrogen-bond acceptors (Lipinski definition) is 2. The second kappa shape index (κ2) is 5.62. The molecule has 0 amide bonds. The molecule has 0 unspecified atom stereocenters. The van der Waals surface area contributed by atoms with E-state index in [9.17, 15) is 22.4 Å². The topological polar surface area (TPSA) is 26.3 Å².